The van der Waals surface area contributed by atoms with Gasteiger partial charge in [0.05, 0.1) is 6.04 Å². The van der Waals surface area contributed by atoms with E-state index in [4.69, 9.17) is 10.3 Å². The second kappa shape index (κ2) is 5.65. The minimum Gasteiger partial charge on any atom is -0.465 e. The topological polar surface area (TPSA) is 51.2 Å². The highest BCUT2D eigenvalue weighted by Crippen LogP contribution is 2.22. The van der Waals surface area contributed by atoms with Crippen LogP contribution in [0.3, 0.4) is 0 Å². The monoisotopic (exact) mass is 312 g/mol. The zero-order chi connectivity index (χ0) is 13.1. The van der Waals surface area contributed by atoms with Gasteiger partial charge in [0, 0.05) is 4.47 Å². The average molecular weight is 313 g/mol. The Morgan fingerprint density at radius 1 is 1.39 bits per heavy atom. The smallest absolute Gasteiger partial charge is 0.124 e. The van der Waals surface area contributed by atoms with Crippen molar-refractivity contribution in [3.8, 4) is 0 Å². The van der Waals surface area contributed by atoms with Crippen molar-refractivity contribution < 1.29 is 8.81 Å². The molecule has 1 aromatic heterocycles. The van der Waals surface area contributed by atoms with E-state index < -0.39 is 0 Å². The molecule has 1 aromatic carbocycles. The first-order valence-electron chi connectivity index (χ1n) is 5.56. The molecule has 0 radical (unpaired) electrons. The number of nitrogens with one attached hydrogen (secondary N) is 1. The van der Waals surface area contributed by atoms with Crippen molar-refractivity contribution in [3.05, 3.63) is 57.7 Å². The maximum absolute atomic E-state index is 13.3. The van der Waals surface area contributed by atoms with Crippen molar-refractivity contribution in [3.63, 3.8) is 0 Å². The highest BCUT2D eigenvalue weighted by atomic mass is 79.9. The van der Waals surface area contributed by atoms with E-state index in [1.54, 1.807) is 0 Å². The first-order chi connectivity index (χ1) is 8.58. The lowest BCUT2D eigenvalue weighted by Crippen LogP contribution is -2.29. The average Bonchev–Trinajstić information content (AvgIpc) is 2.71. The van der Waals surface area contributed by atoms with Crippen LogP contribution in [0.15, 0.2) is 39.2 Å². The van der Waals surface area contributed by atoms with Gasteiger partial charge < -0.3 is 4.42 Å². The minimum absolute atomic E-state index is 0.174. The normalized spacial score (nSPS) is 12.7. The van der Waals surface area contributed by atoms with Crippen LogP contribution in [0.1, 0.15) is 23.1 Å². The first kappa shape index (κ1) is 13.3. The van der Waals surface area contributed by atoms with Gasteiger partial charge in [-0.25, -0.2) is 9.82 Å². The molecule has 2 aromatic rings. The van der Waals surface area contributed by atoms with Gasteiger partial charge in [0.15, 0.2) is 0 Å². The van der Waals surface area contributed by atoms with Crippen LogP contribution >= 0.6 is 15.9 Å². The Bertz CT molecular complexity index is 521. The summed E-state index contributed by atoms with van der Waals surface area (Å²) in [6, 6.07) is 8.35. The van der Waals surface area contributed by atoms with Gasteiger partial charge in [0.25, 0.3) is 0 Å². The highest BCUT2D eigenvalue weighted by molar-refractivity contribution is 9.10. The maximum atomic E-state index is 13.3. The number of rotatable bonds is 4. The Morgan fingerprint density at radius 2 is 2.17 bits per heavy atom. The molecule has 1 atom stereocenters. The summed E-state index contributed by atoms with van der Waals surface area (Å²) in [5.41, 5.74) is 3.53. The second-order valence-corrected chi connectivity index (χ2v) is 5.07. The summed E-state index contributed by atoms with van der Waals surface area (Å²) < 4.78 is 19.5. The summed E-state index contributed by atoms with van der Waals surface area (Å²) in [7, 11) is 0. The Kier molecular flexibility index (Phi) is 4.16. The molecule has 2 rings (SSSR count). The van der Waals surface area contributed by atoms with Crippen LogP contribution in [0, 0.1) is 12.7 Å². The van der Waals surface area contributed by atoms with Crippen LogP contribution in [0.2, 0.25) is 0 Å². The van der Waals surface area contributed by atoms with E-state index >= 15 is 0 Å². The molecule has 3 N–H and O–H groups in total. The largest absolute Gasteiger partial charge is 0.465 e. The Hall–Kier alpha value is -1.17. The van der Waals surface area contributed by atoms with E-state index in [1.807, 2.05) is 25.1 Å². The Labute approximate surface area is 113 Å². The van der Waals surface area contributed by atoms with Crippen LogP contribution in [0.4, 0.5) is 4.39 Å². The molecule has 0 spiro atoms. The number of halogens is 2. The molecular formula is C13H14BrFN2O. The van der Waals surface area contributed by atoms with Crippen LogP contribution in [-0.2, 0) is 6.42 Å². The number of nitrogens with two attached hydrogens (primary N) is 1. The third-order valence-electron chi connectivity index (χ3n) is 2.67. The standard InChI is InChI=1S/C13H14BrFN2O/c1-8-2-3-13(18-8)12(17-16)6-9-4-10(14)7-11(15)5-9/h2-5,7,12,17H,6,16H2,1H3. The predicted octanol–water partition coefficient (Wildman–Crippen LogP) is 3.24. The molecule has 0 fully saturated rings. The van der Waals surface area contributed by atoms with Crippen molar-refractivity contribution in [1.29, 1.82) is 0 Å². The number of hydrogen-bond donors (Lipinski definition) is 2. The molecule has 3 nitrogen and oxygen atoms in total. The van der Waals surface area contributed by atoms with Crippen molar-refractivity contribution >= 4 is 15.9 Å². The number of hydrogen-bond acceptors (Lipinski definition) is 3. The Morgan fingerprint density at radius 3 is 2.72 bits per heavy atom. The summed E-state index contributed by atoms with van der Waals surface area (Å²) in [6.45, 7) is 1.87. The molecular weight excluding hydrogens is 299 g/mol. The third kappa shape index (κ3) is 3.19. The molecule has 0 saturated carbocycles. The summed E-state index contributed by atoms with van der Waals surface area (Å²) in [5.74, 6) is 6.82. The van der Waals surface area contributed by atoms with Gasteiger partial charge in [-0.2, -0.15) is 0 Å². The van der Waals surface area contributed by atoms with Gasteiger partial charge in [0.1, 0.15) is 17.3 Å². The zero-order valence-corrected chi connectivity index (χ0v) is 11.5. The molecule has 0 saturated heterocycles. The molecule has 18 heavy (non-hydrogen) atoms. The van der Waals surface area contributed by atoms with E-state index in [9.17, 15) is 4.39 Å². The van der Waals surface area contributed by atoms with Crippen LogP contribution in [-0.4, -0.2) is 0 Å². The predicted molar refractivity (Wildman–Crippen MR) is 71.3 cm³/mol. The quantitative estimate of drug-likeness (QED) is 0.673. The van der Waals surface area contributed by atoms with Crippen molar-refractivity contribution in [1.82, 2.24) is 5.43 Å². The fourth-order valence-electron chi connectivity index (χ4n) is 1.85. The number of aryl methyl sites for hydroxylation is 1. The van der Waals surface area contributed by atoms with Gasteiger partial charge in [-0.3, -0.25) is 5.84 Å². The molecule has 0 aliphatic carbocycles. The molecule has 5 heteroatoms. The summed E-state index contributed by atoms with van der Waals surface area (Å²) in [5, 5.41) is 0. The Balaban J connectivity index is 2.20. The summed E-state index contributed by atoms with van der Waals surface area (Å²) in [4.78, 5) is 0. The van der Waals surface area contributed by atoms with E-state index in [0.29, 0.717) is 10.9 Å². The van der Waals surface area contributed by atoms with E-state index in [-0.39, 0.29) is 11.9 Å². The van der Waals surface area contributed by atoms with Crippen LogP contribution in [0.25, 0.3) is 0 Å². The van der Waals surface area contributed by atoms with Crippen molar-refractivity contribution in [2.75, 3.05) is 0 Å². The molecule has 1 heterocycles. The molecule has 0 aliphatic rings. The third-order valence-corrected chi connectivity index (χ3v) is 3.13. The van der Waals surface area contributed by atoms with E-state index in [2.05, 4.69) is 21.4 Å². The lowest BCUT2D eigenvalue weighted by atomic mass is 10.0. The fraction of sp³-hybridized carbons (Fsp3) is 0.231. The fourth-order valence-corrected chi connectivity index (χ4v) is 2.36. The minimum atomic E-state index is -0.272. The number of furan rings is 1. The van der Waals surface area contributed by atoms with Gasteiger partial charge in [-0.05, 0) is 49.2 Å². The summed E-state index contributed by atoms with van der Waals surface area (Å²) >= 11 is 3.27. The van der Waals surface area contributed by atoms with E-state index in [1.165, 1.54) is 12.1 Å². The molecule has 0 aliphatic heterocycles. The van der Waals surface area contributed by atoms with Crippen molar-refractivity contribution in [2.45, 2.75) is 19.4 Å². The van der Waals surface area contributed by atoms with Crippen LogP contribution < -0.4 is 11.3 Å². The van der Waals surface area contributed by atoms with E-state index in [0.717, 1.165) is 17.1 Å². The second-order valence-electron chi connectivity index (χ2n) is 4.15. The van der Waals surface area contributed by atoms with Gasteiger partial charge in [0.2, 0.25) is 0 Å². The lowest BCUT2D eigenvalue weighted by Gasteiger charge is -2.13. The maximum Gasteiger partial charge on any atom is 0.124 e. The molecule has 0 amide bonds. The number of benzene rings is 1. The molecule has 1 unspecified atom stereocenters. The van der Waals surface area contributed by atoms with Crippen LogP contribution in [0.5, 0.6) is 0 Å². The first-order valence-corrected chi connectivity index (χ1v) is 6.35. The summed E-state index contributed by atoms with van der Waals surface area (Å²) in [6.07, 6.45) is 0.555. The lowest BCUT2D eigenvalue weighted by molar-refractivity contribution is 0.402. The molecule has 96 valence electrons. The molecule has 0 bridgehead atoms. The van der Waals surface area contributed by atoms with Crippen molar-refractivity contribution in [2.24, 2.45) is 5.84 Å². The number of hydrazine groups is 1. The van der Waals surface area contributed by atoms with Gasteiger partial charge >= 0.3 is 0 Å². The SMILES string of the molecule is Cc1ccc(C(Cc2cc(F)cc(Br)c2)NN)o1. The van der Waals surface area contributed by atoms with Gasteiger partial charge in [-0.15, -0.1) is 0 Å². The highest BCUT2D eigenvalue weighted by Gasteiger charge is 2.15. The van der Waals surface area contributed by atoms with Gasteiger partial charge in [-0.1, -0.05) is 15.9 Å². The zero-order valence-electron chi connectivity index (χ0n) is 9.91.